The summed E-state index contributed by atoms with van der Waals surface area (Å²) in [5, 5.41) is 7.27. The van der Waals surface area contributed by atoms with Crippen LogP contribution in [0.5, 0.6) is 0 Å². The van der Waals surface area contributed by atoms with Crippen LogP contribution in [0.3, 0.4) is 0 Å². The van der Waals surface area contributed by atoms with Gasteiger partial charge in [0.15, 0.2) is 5.82 Å². The molecule has 2 heterocycles. The summed E-state index contributed by atoms with van der Waals surface area (Å²) >= 11 is 0. The Morgan fingerprint density at radius 2 is 2.15 bits per heavy atom. The molecular formula is C9H13N3O. The fourth-order valence-electron chi connectivity index (χ4n) is 1.72. The number of rotatable bonds is 2. The van der Waals surface area contributed by atoms with Crippen molar-refractivity contribution < 1.29 is 4.52 Å². The first-order valence-electron chi connectivity index (χ1n) is 5.00. The SMILES string of the molecule is C1CC(c2noc(C3CCN3)n2)C1. The van der Waals surface area contributed by atoms with Crippen LogP contribution in [0.2, 0.25) is 0 Å². The molecule has 1 atom stereocenters. The van der Waals surface area contributed by atoms with Gasteiger partial charge < -0.3 is 9.84 Å². The lowest BCUT2D eigenvalue weighted by molar-refractivity contribution is 0.270. The van der Waals surface area contributed by atoms with Crippen molar-refractivity contribution in [3.63, 3.8) is 0 Å². The molecule has 4 heteroatoms. The van der Waals surface area contributed by atoms with Crippen molar-refractivity contribution in [1.29, 1.82) is 0 Å². The van der Waals surface area contributed by atoms with Crippen molar-refractivity contribution in [2.75, 3.05) is 6.54 Å². The molecule has 0 radical (unpaired) electrons. The highest BCUT2D eigenvalue weighted by molar-refractivity contribution is 5.03. The standard InChI is InChI=1S/C9H13N3O/c1-2-6(3-1)8-11-9(13-12-8)7-4-5-10-7/h6-7,10H,1-5H2. The first-order chi connectivity index (χ1) is 6.43. The third kappa shape index (κ3) is 1.16. The lowest BCUT2D eigenvalue weighted by Crippen LogP contribution is -2.35. The van der Waals surface area contributed by atoms with E-state index in [0.717, 1.165) is 24.7 Å². The first-order valence-corrected chi connectivity index (χ1v) is 5.00. The van der Waals surface area contributed by atoms with E-state index in [1.54, 1.807) is 0 Å². The molecule has 1 aromatic rings. The molecule has 1 saturated carbocycles. The summed E-state index contributed by atoms with van der Waals surface area (Å²) in [6.45, 7) is 1.08. The van der Waals surface area contributed by atoms with Crippen LogP contribution in [0, 0.1) is 0 Å². The summed E-state index contributed by atoms with van der Waals surface area (Å²) in [6, 6.07) is 0.335. The van der Waals surface area contributed by atoms with Gasteiger partial charge in [0.05, 0.1) is 6.04 Å². The smallest absolute Gasteiger partial charge is 0.243 e. The highest BCUT2D eigenvalue weighted by Gasteiger charge is 2.28. The Morgan fingerprint density at radius 1 is 1.31 bits per heavy atom. The van der Waals surface area contributed by atoms with Crippen molar-refractivity contribution in [2.24, 2.45) is 0 Å². The normalized spacial score (nSPS) is 28.2. The second-order valence-corrected chi connectivity index (χ2v) is 3.91. The van der Waals surface area contributed by atoms with E-state index in [4.69, 9.17) is 4.52 Å². The minimum absolute atomic E-state index is 0.335. The monoisotopic (exact) mass is 179 g/mol. The van der Waals surface area contributed by atoms with E-state index < -0.39 is 0 Å². The second-order valence-electron chi connectivity index (χ2n) is 3.91. The zero-order valence-electron chi connectivity index (χ0n) is 7.49. The molecule has 2 aliphatic rings. The topological polar surface area (TPSA) is 51.0 Å². The molecule has 1 N–H and O–H groups in total. The van der Waals surface area contributed by atoms with Gasteiger partial charge >= 0.3 is 0 Å². The van der Waals surface area contributed by atoms with Crippen LogP contribution >= 0.6 is 0 Å². The predicted molar refractivity (Wildman–Crippen MR) is 46.3 cm³/mol. The van der Waals surface area contributed by atoms with Crippen molar-refractivity contribution in [1.82, 2.24) is 15.5 Å². The summed E-state index contributed by atoms with van der Waals surface area (Å²) in [6.07, 6.45) is 4.91. The highest BCUT2D eigenvalue weighted by atomic mass is 16.5. The van der Waals surface area contributed by atoms with Crippen molar-refractivity contribution >= 4 is 0 Å². The van der Waals surface area contributed by atoms with Crippen molar-refractivity contribution in [3.05, 3.63) is 11.7 Å². The number of nitrogens with zero attached hydrogens (tertiary/aromatic N) is 2. The van der Waals surface area contributed by atoms with Crippen LogP contribution in [-0.4, -0.2) is 16.7 Å². The average molecular weight is 179 g/mol. The maximum absolute atomic E-state index is 5.20. The zero-order chi connectivity index (χ0) is 8.67. The van der Waals surface area contributed by atoms with E-state index in [1.807, 2.05) is 0 Å². The minimum atomic E-state index is 0.335. The zero-order valence-corrected chi connectivity index (χ0v) is 7.49. The molecule has 4 nitrogen and oxygen atoms in total. The van der Waals surface area contributed by atoms with Crippen molar-refractivity contribution in [2.45, 2.75) is 37.6 Å². The molecular weight excluding hydrogens is 166 g/mol. The van der Waals surface area contributed by atoms with Gasteiger partial charge in [-0.3, -0.25) is 0 Å². The summed E-state index contributed by atoms with van der Waals surface area (Å²) in [5.74, 6) is 2.29. The molecule has 0 amide bonds. The maximum atomic E-state index is 5.20. The molecule has 0 aromatic carbocycles. The van der Waals surface area contributed by atoms with Gasteiger partial charge in [0, 0.05) is 5.92 Å². The van der Waals surface area contributed by atoms with Gasteiger partial charge in [0.2, 0.25) is 5.89 Å². The van der Waals surface area contributed by atoms with E-state index in [9.17, 15) is 0 Å². The molecule has 70 valence electrons. The van der Waals surface area contributed by atoms with Crippen molar-refractivity contribution in [3.8, 4) is 0 Å². The lowest BCUT2D eigenvalue weighted by Gasteiger charge is -2.23. The molecule has 0 bridgehead atoms. The fourth-order valence-corrected chi connectivity index (χ4v) is 1.72. The van der Waals surface area contributed by atoms with Crippen LogP contribution in [0.1, 0.15) is 49.4 Å². The molecule has 1 unspecified atom stereocenters. The van der Waals surface area contributed by atoms with Crippen LogP contribution < -0.4 is 5.32 Å². The quantitative estimate of drug-likeness (QED) is 0.745. The van der Waals surface area contributed by atoms with Gasteiger partial charge in [-0.15, -0.1) is 0 Å². The third-order valence-corrected chi connectivity index (χ3v) is 3.05. The van der Waals surface area contributed by atoms with Gasteiger partial charge in [-0.2, -0.15) is 4.98 Å². The molecule has 3 rings (SSSR count). The Morgan fingerprint density at radius 3 is 2.69 bits per heavy atom. The lowest BCUT2D eigenvalue weighted by atomic mass is 9.85. The number of aromatic nitrogens is 2. The van der Waals surface area contributed by atoms with Crippen LogP contribution in [0.15, 0.2) is 4.52 Å². The summed E-state index contributed by atoms with van der Waals surface area (Å²) < 4.78 is 5.20. The number of hydrogen-bond acceptors (Lipinski definition) is 4. The highest BCUT2D eigenvalue weighted by Crippen LogP contribution is 2.35. The maximum Gasteiger partial charge on any atom is 0.243 e. The summed E-state index contributed by atoms with van der Waals surface area (Å²) in [7, 11) is 0. The Hall–Kier alpha value is -0.900. The molecule has 1 saturated heterocycles. The van der Waals surface area contributed by atoms with E-state index >= 15 is 0 Å². The molecule has 0 spiro atoms. The Balaban J connectivity index is 1.76. The van der Waals surface area contributed by atoms with Gasteiger partial charge in [0.1, 0.15) is 0 Å². The molecule has 2 fully saturated rings. The number of nitrogens with one attached hydrogen (secondary N) is 1. The Bertz CT molecular complexity index is 273. The third-order valence-electron chi connectivity index (χ3n) is 3.05. The van der Waals surface area contributed by atoms with E-state index in [2.05, 4.69) is 15.5 Å². The molecule has 1 aliphatic carbocycles. The molecule has 13 heavy (non-hydrogen) atoms. The predicted octanol–water partition coefficient (Wildman–Crippen LogP) is 1.37. The van der Waals surface area contributed by atoms with Gasteiger partial charge in [-0.25, -0.2) is 0 Å². The minimum Gasteiger partial charge on any atom is -0.338 e. The Labute approximate surface area is 76.7 Å². The molecule has 1 aliphatic heterocycles. The van der Waals surface area contributed by atoms with E-state index in [0.29, 0.717) is 12.0 Å². The molecule has 1 aromatic heterocycles. The summed E-state index contributed by atoms with van der Waals surface area (Å²) in [4.78, 5) is 4.41. The van der Waals surface area contributed by atoms with Gasteiger partial charge in [-0.05, 0) is 25.8 Å². The van der Waals surface area contributed by atoms with E-state index in [-0.39, 0.29) is 0 Å². The second kappa shape index (κ2) is 2.80. The van der Waals surface area contributed by atoms with Gasteiger partial charge in [-0.1, -0.05) is 11.6 Å². The summed E-state index contributed by atoms with van der Waals surface area (Å²) in [5.41, 5.74) is 0. The van der Waals surface area contributed by atoms with Crippen LogP contribution in [0.4, 0.5) is 0 Å². The average Bonchev–Trinajstić information content (AvgIpc) is 2.29. The van der Waals surface area contributed by atoms with Gasteiger partial charge in [0.25, 0.3) is 0 Å². The largest absolute Gasteiger partial charge is 0.338 e. The fraction of sp³-hybridized carbons (Fsp3) is 0.778. The Kier molecular flexibility index (Phi) is 1.62. The van der Waals surface area contributed by atoms with Crippen LogP contribution in [0.25, 0.3) is 0 Å². The number of hydrogen-bond donors (Lipinski definition) is 1. The van der Waals surface area contributed by atoms with E-state index in [1.165, 1.54) is 19.3 Å². The van der Waals surface area contributed by atoms with Crippen LogP contribution in [-0.2, 0) is 0 Å². The first kappa shape index (κ1) is 7.50.